The molecular weight excluding hydrogens is 326 g/mol. The SMILES string of the molecule is O=[N+]([O-])c1cc2oc3ccccc3c2cc1C(O)CBr. The summed E-state index contributed by atoms with van der Waals surface area (Å²) in [6, 6.07) is 10.4. The minimum atomic E-state index is -0.937. The number of nitro benzene ring substituents is 1. The second kappa shape index (κ2) is 4.88. The highest BCUT2D eigenvalue weighted by Crippen LogP contribution is 2.36. The van der Waals surface area contributed by atoms with Crippen LogP contribution in [0, 0.1) is 10.1 Å². The lowest BCUT2D eigenvalue weighted by atomic mass is 10.0. The van der Waals surface area contributed by atoms with Crippen LogP contribution >= 0.6 is 15.9 Å². The van der Waals surface area contributed by atoms with Gasteiger partial charge in [0.2, 0.25) is 0 Å². The summed E-state index contributed by atoms with van der Waals surface area (Å²) in [6.07, 6.45) is -0.937. The number of para-hydroxylation sites is 1. The molecule has 2 aromatic carbocycles. The van der Waals surface area contributed by atoms with Gasteiger partial charge in [-0.1, -0.05) is 34.1 Å². The van der Waals surface area contributed by atoms with Gasteiger partial charge < -0.3 is 9.52 Å². The third-order valence-electron chi connectivity index (χ3n) is 3.23. The minimum absolute atomic E-state index is 0.136. The number of hydrogen-bond acceptors (Lipinski definition) is 4. The monoisotopic (exact) mass is 335 g/mol. The number of furan rings is 1. The summed E-state index contributed by atoms with van der Waals surface area (Å²) < 4.78 is 5.61. The summed E-state index contributed by atoms with van der Waals surface area (Å²) in [5.41, 5.74) is 1.26. The van der Waals surface area contributed by atoms with Gasteiger partial charge in [0.05, 0.1) is 22.7 Å². The van der Waals surface area contributed by atoms with Crippen LogP contribution in [0.4, 0.5) is 5.69 Å². The molecule has 0 aliphatic heterocycles. The van der Waals surface area contributed by atoms with E-state index in [-0.39, 0.29) is 16.6 Å². The highest BCUT2D eigenvalue weighted by atomic mass is 79.9. The zero-order valence-corrected chi connectivity index (χ0v) is 11.8. The van der Waals surface area contributed by atoms with E-state index in [2.05, 4.69) is 15.9 Å². The zero-order chi connectivity index (χ0) is 14.3. The van der Waals surface area contributed by atoms with Crippen LogP contribution < -0.4 is 0 Å². The van der Waals surface area contributed by atoms with Gasteiger partial charge >= 0.3 is 0 Å². The van der Waals surface area contributed by atoms with Crippen molar-refractivity contribution in [3.05, 3.63) is 52.1 Å². The van der Waals surface area contributed by atoms with Crippen molar-refractivity contribution in [2.24, 2.45) is 0 Å². The molecular formula is C14H10BrNO4. The van der Waals surface area contributed by atoms with Crippen molar-refractivity contribution in [2.45, 2.75) is 6.10 Å². The molecule has 20 heavy (non-hydrogen) atoms. The second-order valence-corrected chi connectivity index (χ2v) is 5.08. The Morgan fingerprint density at radius 2 is 2.00 bits per heavy atom. The van der Waals surface area contributed by atoms with Gasteiger partial charge in [-0.25, -0.2) is 0 Å². The first-order valence-electron chi connectivity index (χ1n) is 5.95. The van der Waals surface area contributed by atoms with E-state index in [0.29, 0.717) is 11.2 Å². The molecule has 5 nitrogen and oxygen atoms in total. The molecule has 0 spiro atoms. The number of aliphatic hydroxyl groups is 1. The van der Waals surface area contributed by atoms with Gasteiger partial charge in [-0.15, -0.1) is 0 Å². The van der Waals surface area contributed by atoms with Crippen LogP contribution in [0.3, 0.4) is 0 Å². The number of hydrogen-bond donors (Lipinski definition) is 1. The van der Waals surface area contributed by atoms with E-state index in [1.807, 2.05) is 24.3 Å². The van der Waals surface area contributed by atoms with Crippen LogP contribution in [0.15, 0.2) is 40.8 Å². The van der Waals surface area contributed by atoms with E-state index in [4.69, 9.17) is 4.42 Å². The van der Waals surface area contributed by atoms with Crippen molar-refractivity contribution in [1.82, 2.24) is 0 Å². The van der Waals surface area contributed by atoms with E-state index < -0.39 is 11.0 Å². The molecule has 0 fully saturated rings. The van der Waals surface area contributed by atoms with Gasteiger partial charge in [0.15, 0.2) is 0 Å². The van der Waals surface area contributed by atoms with Gasteiger partial charge in [-0.05, 0) is 12.1 Å². The third kappa shape index (κ3) is 1.97. The Morgan fingerprint density at radius 3 is 2.70 bits per heavy atom. The van der Waals surface area contributed by atoms with Crippen LogP contribution in [-0.4, -0.2) is 15.4 Å². The molecule has 1 unspecified atom stereocenters. The summed E-state index contributed by atoms with van der Waals surface area (Å²) in [5, 5.41) is 23.0. The van der Waals surface area contributed by atoms with Crippen molar-refractivity contribution in [1.29, 1.82) is 0 Å². The molecule has 3 aromatic rings. The fourth-order valence-corrected chi connectivity index (χ4v) is 2.63. The average molecular weight is 336 g/mol. The first-order chi connectivity index (χ1) is 9.61. The number of nitro groups is 1. The molecule has 0 saturated heterocycles. The minimum Gasteiger partial charge on any atom is -0.456 e. The summed E-state index contributed by atoms with van der Waals surface area (Å²) in [6.45, 7) is 0. The summed E-state index contributed by atoms with van der Waals surface area (Å²) in [7, 11) is 0. The second-order valence-electron chi connectivity index (χ2n) is 4.43. The van der Waals surface area contributed by atoms with Gasteiger partial charge in [0.25, 0.3) is 5.69 Å². The zero-order valence-electron chi connectivity index (χ0n) is 10.2. The van der Waals surface area contributed by atoms with Crippen LogP contribution in [0.2, 0.25) is 0 Å². The highest BCUT2D eigenvalue weighted by molar-refractivity contribution is 9.09. The first kappa shape index (κ1) is 13.1. The molecule has 0 aliphatic carbocycles. The normalized spacial score (nSPS) is 12.9. The Morgan fingerprint density at radius 1 is 1.25 bits per heavy atom. The van der Waals surface area contributed by atoms with Crippen molar-refractivity contribution in [3.8, 4) is 0 Å². The molecule has 1 aromatic heterocycles. The molecule has 3 rings (SSSR count). The van der Waals surface area contributed by atoms with E-state index in [1.165, 1.54) is 6.07 Å². The molecule has 0 amide bonds. The van der Waals surface area contributed by atoms with Gasteiger partial charge in [0, 0.05) is 16.1 Å². The van der Waals surface area contributed by atoms with Gasteiger partial charge in [-0.3, -0.25) is 10.1 Å². The maximum Gasteiger partial charge on any atom is 0.279 e. The standard InChI is InChI=1S/C14H10BrNO4/c15-7-12(17)10-5-9-8-3-1-2-4-13(8)20-14(9)6-11(10)16(18)19/h1-6,12,17H,7H2. The van der Waals surface area contributed by atoms with Crippen LogP contribution in [-0.2, 0) is 0 Å². The van der Waals surface area contributed by atoms with Crippen molar-refractivity contribution < 1.29 is 14.4 Å². The van der Waals surface area contributed by atoms with E-state index >= 15 is 0 Å². The van der Waals surface area contributed by atoms with E-state index in [0.717, 1.165) is 10.8 Å². The molecule has 1 atom stereocenters. The molecule has 0 bridgehead atoms. The molecule has 0 saturated carbocycles. The highest BCUT2D eigenvalue weighted by Gasteiger charge is 2.23. The van der Waals surface area contributed by atoms with E-state index in [1.54, 1.807) is 6.07 Å². The number of nitrogens with zero attached hydrogens (tertiary/aromatic N) is 1. The number of rotatable bonds is 3. The smallest absolute Gasteiger partial charge is 0.279 e. The fourth-order valence-electron chi connectivity index (χ4n) is 2.29. The molecule has 0 aliphatic rings. The number of halogens is 1. The number of fused-ring (bicyclic) bond motifs is 3. The fraction of sp³-hybridized carbons (Fsp3) is 0.143. The Hall–Kier alpha value is -1.92. The summed E-state index contributed by atoms with van der Waals surface area (Å²) in [5.74, 6) is 0. The Labute approximate surface area is 122 Å². The van der Waals surface area contributed by atoms with Crippen LogP contribution in [0.25, 0.3) is 21.9 Å². The molecule has 1 heterocycles. The molecule has 1 N–H and O–H groups in total. The number of alkyl halides is 1. The molecule has 0 radical (unpaired) electrons. The molecule has 6 heteroatoms. The van der Waals surface area contributed by atoms with Gasteiger partial charge in [-0.2, -0.15) is 0 Å². The van der Waals surface area contributed by atoms with Gasteiger partial charge in [0.1, 0.15) is 11.2 Å². The maximum absolute atomic E-state index is 11.1. The average Bonchev–Trinajstić information content (AvgIpc) is 2.82. The topological polar surface area (TPSA) is 76.5 Å². The quantitative estimate of drug-likeness (QED) is 0.447. The van der Waals surface area contributed by atoms with Crippen LogP contribution in [0.1, 0.15) is 11.7 Å². The predicted octanol–water partition coefficient (Wildman–Crippen LogP) is 3.92. The Balaban J connectivity index is 2.38. The van der Waals surface area contributed by atoms with Crippen molar-refractivity contribution >= 4 is 43.6 Å². The first-order valence-corrected chi connectivity index (χ1v) is 7.07. The third-order valence-corrected chi connectivity index (χ3v) is 3.84. The van der Waals surface area contributed by atoms with Crippen molar-refractivity contribution in [2.75, 3.05) is 5.33 Å². The summed E-state index contributed by atoms with van der Waals surface area (Å²) in [4.78, 5) is 10.6. The molecule has 102 valence electrons. The van der Waals surface area contributed by atoms with Crippen molar-refractivity contribution in [3.63, 3.8) is 0 Å². The lowest BCUT2D eigenvalue weighted by Gasteiger charge is -2.07. The lowest BCUT2D eigenvalue weighted by Crippen LogP contribution is -2.03. The Kier molecular flexibility index (Phi) is 3.19. The number of aliphatic hydroxyl groups excluding tert-OH is 1. The maximum atomic E-state index is 11.1. The number of benzene rings is 2. The van der Waals surface area contributed by atoms with E-state index in [9.17, 15) is 15.2 Å². The predicted molar refractivity (Wildman–Crippen MR) is 79.1 cm³/mol. The largest absolute Gasteiger partial charge is 0.456 e. The Bertz CT molecular complexity index is 811. The van der Waals surface area contributed by atoms with Crippen LogP contribution in [0.5, 0.6) is 0 Å². The summed E-state index contributed by atoms with van der Waals surface area (Å²) >= 11 is 3.14. The lowest BCUT2D eigenvalue weighted by molar-refractivity contribution is -0.386.